The molecule has 0 radical (unpaired) electrons. The number of benzene rings is 2. The molecule has 2 aromatic carbocycles. The number of carbonyl (C=O) groups is 4. The van der Waals surface area contributed by atoms with Gasteiger partial charge in [-0.25, -0.2) is 0 Å². The number of rotatable bonds is 4. The van der Waals surface area contributed by atoms with Gasteiger partial charge in [-0.1, -0.05) is 36.0 Å². The molecule has 3 amide bonds. The number of esters is 1. The summed E-state index contributed by atoms with van der Waals surface area (Å²) in [5.74, 6) is -1.92. The number of halogens is 2. The first-order valence-corrected chi connectivity index (χ1v) is 12.0. The first-order chi connectivity index (χ1) is 16.3. The first kappa shape index (κ1) is 22.9. The number of hydrogen-bond acceptors (Lipinski definition) is 5. The maximum Gasteiger partial charge on any atom is 0.316 e. The molecule has 0 spiro atoms. The van der Waals surface area contributed by atoms with Crippen LogP contribution in [-0.2, 0) is 19.2 Å². The van der Waals surface area contributed by atoms with Crippen LogP contribution in [0, 0.1) is 17.8 Å². The van der Waals surface area contributed by atoms with E-state index in [-0.39, 0.29) is 48.3 Å². The highest BCUT2D eigenvalue weighted by Crippen LogP contribution is 2.40. The Hall–Kier alpha value is -2.90. The summed E-state index contributed by atoms with van der Waals surface area (Å²) in [5, 5.41) is 0.806. The van der Waals surface area contributed by atoms with Crippen molar-refractivity contribution in [3.05, 3.63) is 52.5 Å². The molecule has 9 heteroatoms. The molecular weight excluding hydrogens is 479 g/mol. The van der Waals surface area contributed by atoms with Crippen LogP contribution in [0.15, 0.2) is 42.5 Å². The summed E-state index contributed by atoms with van der Waals surface area (Å²) in [4.78, 5) is 53.5. The Labute approximate surface area is 206 Å². The Balaban J connectivity index is 1.25. The molecule has 3 atom stereocenters. The largest absolute Gasteiger partial charge is 0.426 e. The van der Waals surface area contributed by atoms with E-state index in [1.165, 1.54) is 9.80 Å². The Bertz CT molecular complexity index is 1160. The van der Waals surface area contributed by atoms with Crippen molar-refractivity contribution in [1.82, 2.24) is 0 Å². The number of anilines is 2. The molecule has 5 rings (SSSR count). The highest BCUT2D eigenvalue weighted by atomic mass is 35.5. The Kier molecular flexibility index (Phi) is 6.08. The maximum atomic E-state index is 12.8. The van der Waals surface area contributed by atoms with Gasteiger partial charge in [0, 0.05) is 18.0 Å². The van der Waals surface area contributed by atoms with Crippen molar-refractivity contribution in [2.75, 3.05) is 16.3 Å². The molecule has 2 heterocycles. The highest BCUT2D eigenvalue weighted by molar-refractivity contribution is 6.36. The summed E-state index contributed by atoms with van der Waals surface area (Å²) >= 11 is 12.2. The molecule has 176 valence electrons. The minimum atomic E-state index is -0.660. The normalized spacial score (nSPS) is 24.5. The van der Waals surface area contributed by atoms with Crippen molar-refractivity contribution >= 4 is 58.3 Å². The third-order valence-corrected chi connectivity index (χ3v) is 7.37. The molecule has 7 nitrogen and oxygen atoms in total. The zero-order valence-corrected chi connectivity index (χ0v) is 19.7. The summed E-state index contributed by atoms with van der Waals surface area (Å²) in [7, 11) is 0. The fraction of sp³-hybridized carbons (Fsp3) is 0.360. The number of amides is 3. The van der Waals surface area contributed by atoms with Gasteiger partial charge in [-0.2, -0.15) is 0 Å². The van der Waals surface area contributed by atoms with E-state index >= 15 is 0 Å². The topological polar surface area (TPSA) is 84.0 Å². The number of fused-ring (bicyclic) bond motifs is 1. The van der Waals surface area contributed by atoms with Gasteiger partial charge in [0.05, 0.1) is 34.2 Å². The molecule has 0 N–H and O–H groups in total. The van der Waals surface area contributed by atoms with E-state index in [4.69, 9.17) is 27.9 Å². The van der Waals surface area contributed by atoms with Crippen molar-refractivity contribution in [1.29, 1.82) is 0 Å². The zero-order valence-electron chi connectivity index (χ0n) is 18.2. The molecular formula is C25H22Cl2N2O5. The Morgan fingerprint density at radius 1 is 0.912 bits per heavy atom. The predicted molar refractivity (Wildman–Crippen MR) is 127 cm³/mol. The van der Waals surface area contributed by atoms with E-state index in [9.17, 15) is 19.2 Å². The molecule has 34 heavy (non-hydrogen) atoms. The van der Waals surface area contributed by atoms with Gasteiger partial charge in [0.2, 0.25) is 17.7 Å². The van der Waals surface area contributed by atoms with Gasteiger partial charge in [-0.15, -0.1) is 0 Å². The fourth-order valence-corrected chi connectivity index (χ4v) is 5.46. The number of imide groups is 1. The van der Waals surface area contributed by atoms with Crippen LogP contribution in [0.1, 0.15) is 32.1 Å². The lowest BCUT2D eigenvalue weighted by molar-refractivity contribution is -0.139. The molecule has 0 bridgehead atoms. The third kappa shape index (κ3) is 4.07. The van der Waals surface area contributed by atoms with Crippen LogP contribution >= 0.6 is 23.2 Å². The second-order valence-electron chi connectivity index (χ2n) is 8.93. The van der Waals surface area contributed by atoms with E-state index in [0.717, 1.165) is 25.7 Å². The average Bonchev–Trinajstić information content (AvgIpc) is 3.34. The van der Waals surface area contributed by atoms with Gasteiger partial charge in [0.15, 0.2) is 0 Å². The summed E-state index contributed by atoms with van der Waals surface area (Å²) in [6, 6.07) is 11.1. The number of carbonyl (C=O) groups excluding carboxylic acids is 4. The van der Waals surface area contributed by atoms with Crippen LogP contribution in [0.4, 0.5) is 11.4 Å². The summed E-state index contributed by atoms with van der Waals surface area (Å²) in [5.41, 5.74) is 0.932. The van der Waals surface area contributed by atoms with Gasteiger partial charge >= 0.3 is 5.97 Å². The quantitative estimate of drug-likeness (QED) is 0.347. The molecule has 2 aromatic rings. The highest BCUT2D eigenvalue weighted by Gasteiger charge is 2.48. The molecule has 1 saturated carbocycles. The van der Waals surface area contributed by atoms with Crippen LogP contribution in [0.5, 0.6) is 5.75 Å². The fourth-order valence-electron chi connectivity index (χ4n) is 5.07. The van der Waals surface area contributed by atoms with E-state index in [1.807, 2.05) is 0 Å². The van der Waals surface area contributed by atoms with Gasteiger partial charge < -0.3 is 9.64 Å². The molecule has 2 aliphatic heterocycles. The minimum absolute atomic E-state index is 0.000677. The zero-order chi connectivity index (χ0) is 24.0. The SMILES string of the molecule is O=C(Oc1ccc(N2C(=O)[C@H]3CCCC[C@H]3C2=O)cc1)[C@H]1CC(=O)N(c2cc(Cl)ccc2Cl)C1. The van der Waals surface area contributed by atoms with E-state index in [0.29, 0.717) is 21.4 Å². The van der Waals surface area contributed by atoms with Gasteiger partial charge in [-0.3, -0.25) is 24.1 Å². The van der Waals surface area contributed by atoms with Gasteiger partial charge in [-0.05, 0) is 55.3 Å². The summed E-state index contributed by atoms with van der Waals surface area (Å²) < 4.78 is 5.49. The smallest absolute Gasteiger partial charge is 0.316 e. The van der Waals surface area contributed by atoms with Crippen LogP contribution in [0.25, 0.3) is 0 Å². The molecule has 3 fully saturated rings. The number of nitrogens with zero attached hydrogens (tertiary/aromatic N) is 2. The lowest BCUT2D eigenvalue weighted by Gasteiger charge is -2.19. The lowest BCUT2D eigenvalue weighted by atomic mass is 9.81. The van der Waals surface area contributed by atoms with Crippen LogP contribution in [0.3, 0.4) is 0 Å². The van der Waals surface area contributed by atoms with E-state index in [1.54, 1.807) is 42.5 Å². The van der Waals surface area contributed by atoms with E-state index in [2.05, 4.69) is 0 Å². The van der Waals surface area contributed by atoms with Crippen LogP contribution in [0.2, 0.25) is 10.0 Å². The maximum absolute atomic E-state index is 12.8. The van der Waals surface area contributed by atoms with Crippen molar-refractivity contribution in [3.63, 3.8) is 0 Å². The van der Waals surface area contributed by atoms with Crippen LogP contribution < -0.4 is 14.5 Å². The molecule has 1 aliphatic carbocycles. The monoisotopic (exact) mass is 500 g/mol. The Morgan fingerprint density at radius 2 is 1.56 bits per heavy atom. The predicted octanol–water partition coefficient (Wildman–Crippen LogP) is 4.63. The lowest BCUT2D eigenvalue weighted by Crippen LogP contribution is -2.30. The average molecular weight is 501 g/mol. The third-order valence-electron chi connectivity index (χ3n) is 6.81. The Morgan fingerprint density at radius 3 is 2.21 bits per heavy atom. The van der Waals surface area contributed by atoms with Gasteiger partial charge in [0.1, 0.15) is 5.75 Å². The molecule has 2 saturated heterocycles. The summed E-state index contributed by atoms with van der Waals surface area (Å²) in [6.07, 6.45) is 3.43. The van der Waals surface area contributed by atoms with Crippen molar-refractivity contribution in [2.45, 2.75) is 32.1 Å². The van der Waals surface area contributed by atoms with E-state index < -0.39 is 11.9 Å². The van der Waals surface area contributed by atoms with Crippen molar-refractivity contribution in [3.8, 4) is 5.75 Å². The standard InChI is InChI=1S/C25H22Cl2N2O5/c26-15-5-10-20(27)21(12-15)28-13-14(11-22(28)30)25(33)34-17-8-6-16(7-9-17)29-23(31)18-3-1-2-4-19(18)24(29)32/h5-10,12,14,18-19H,1-4,11,13H2/t14-,18-,19+/m0/s1. The second-order valence-corrected chi connectivity index (χ2v) is 9.77. The van der Waals surface area contributed by atoms with Crippen molar-refractivity contribution < 1.29 is 23.9 Å². The first-order valence-electron chi connectivity index (χ1n) is 11.3. The molecule has 0 unspecified atom stereocenters. The second kappa shape index (κ2) is 9.04. The van der Waals surface area contributed by atoms with Crippen molar-refractivity contribution in [2.24, 2.45) is 17.8 Å². The van der Waals surface area contributed by atoms with Gasteiger partial charge in [0.25, 0.3) is 0 Å². The minimum Gasteiger partial charge on any atom is -0.426 e. The molecule has 3 aliphatic rings. The number of hydrogen-bond donors (Lipinski definition) is 0. The number of ether oxygens (including phenoxy) is 1. The van der Waals surface area contributed by atoms with Crippen LogP contribution in [-0.4, -0.2) is 30.2 Å². The summed E-state index contributed by atoms with van der Waals surface area (Å²) in [6.45, 7) is 0.134. The molecule has 0 aromatic heterocycles.